The highest BCUT2D eigenvalue weighted by Gasteiger charge is 2.37. The molecule has 7 nitrogen and oxygen atoms in total. The van der Waals surface area contributed by atoms with Gasteiger partial charge in [0.15, 0.2) is 0 Å². The van der Waals surface area contributed by atoms with Gasteiger partial charge in [0.2, 0.25) is 15.9 Å². The molecule has 0 aromatic heterocycles. The summed E-state index contributed by atoms with van der Waals surface area (Å²) >= 11 is 0. The maximum Gasteiger partial charge on any atom is 0.329 e. The average Bonchev–Trinajstić information content (AvgIpc) is 3.01. The smallest absolute Gasteiger partial charge is 0.329 e. The van der Waals surface area contributed by atoms with Crippen LogP contribution in [-0.2, 0) is 37.5 Å². The van der Waals surface area contributed by atoms with E-state index in [1.807, 2.05) is 30.3 Å². The molecule has 1 atom stereocenters. The first kappa shape index (κ1) is 19.9. The van der Waals surface area contributed by atoms with Gasteiger partial charge in [-0.1, -0.05) is 42.5 Å². The minimum atomic E-state index is -3.34. The molecule has 0 saturated carbocycles. The van der Waals surface area contributed by atoms with Crippen molar-refractivity contribution in [3.63, 3.8) is 0 Å². The van der Waals surface area contributed by atoms with Gasteiger partial charge in [-0.2, -0.15) is 0 Å². The SMILES string of the molecule is CS(=O)(=O)Nc1ccc(COC(=O)[C@@H]2CCC(=O)N2Cc2ccccc2)cc1. The van der Waals surface area contributed by atoms with Crippen molar-refractivity contribution < 1.29 is 22.7 Å². The van der Waals surface area contributed by atoms with Crippen LogP contribution >= 0.6 is 0 Å². The van der Waals surface area contributed by atoms with E-state index in [4.69, 9.17) is 4.74 Å². The summed E-state index contributed by atoms with van der Waals surface area (Å²) in [6.07, 6.45) is 1.85. The van der Waals surface area contributed by atoms with Gasteiger partial charge in [-0.3, -0.25) is 9.52 Å². The Balaban J connectivity index is 1.58. The third-order valence-corrected chi connectivity index (χ3v) is 5.04. The lowest BCUT2D eigenvalue weighted by Crippen LogP contribution is -2.39. The van der Waals surface area contributed by atoms with E-state index in [1.54, 1.807) is 29.2 Å². The van der Waals surface area contributed by atoms with Crippen molar-refractivity contribution in [3.05, 3.63) is 65.7 Å². The average molecular weight is 402 g/mol. The Bertz CT molecular complexity index is 942. The molecule has 0 unspecified atom stereocenters. The van der Waals surface area contributed by atoms with Crippen molar-refractivity contribution in [2.24, 2.45) is 0 Å². The van der Waals surface area contributed by atoms with Gasteiger partial charge in [-0.05, 0) is 29.7 Å². The fraction of sp³-hybridized carbons (Fsp3) is 0.300. The first-order chi connectivity index (χ1) is 13.3. The molecule has 1 aliphatic rings. The predicted molar refractivity (Wildman–Crippen MR) is 105 cm³/mol. The van der Waals surface area contributed by atoms with Gasteiger partial charge in [0.1, 0.15) is 12.6 Å². The molecule has 0 bridgehead atoms. The van der Waals surface area contributed by atoms with Crippen molar-refractivity contribution in [3.8, 4) is 0 Å². The summed E-state index contributed by atoms with van der Waals surface area (Å²) < 4.78 is 30.2. The first-order valence-electron chi connectivity index (χ1n) is 8.88. The Labute approximate surface area is 164 Å². The molecule has 2 aromatic carbocycles. The number of hydrogen-bond donors (Lipinski definition) is 1. The molecule has 0 aliphatic carbocycles. The van der Waals surface area contributed by atoms with E-state index in [0.717, 1.165) is 17.4 Å². The summed E-state index contributed by atoms with van der Waals surface area (Å²) in [5, 5.41) is 0. The normalized spacial score (nSPS) is 16.8. The first-order valence-corrected chi connectivity index (χ1v) is 10.8. The zero-order valence-electron chi connectivity index (χ0n) is 15.5. The fourth-order valence-corrected chi connectivity index (χ4v) is 3.66. The maximum atomic E-state index is 12.5. The van der Waals surface area contributed by atoms with Gasteiger partial charge in [0.05, 0.1) is 6.26 Å². The van der Waals surface area contributed by atoms with Crippen LogP contribution in [0, 0.1) is 0 Å². The highest BCUT2D eigenvalue weighted by atomic mass is 32.2. The monoisotopic (exact) mass is 402 g/mol. The van der Waals surface area contributed by atoms with Crippen LogP contribution in [0.3, 0.4) is 0 Å². The number of benzene rings is 2. The van der Waals surface area contributed by atoms with Crippen LogP contribution in [0.25, 0.3) is 0 Å². The van der Waals surface area contributed by atoms with E-state index >= 15 is 0 Å². The Morgan fingerprint density at radius 2 is 1.79 bits per heavy atom. The van der Waals surface area contributed by atoms with Crippen LogP contribution in [0.2, 0.25) is 0 Å². The number of carbonyl (C=O) groups is 2. The van der Waals surface area contributed by atoms with E-state index in [1.165, 1.54) is 0 Å². The van der Waals surface area contributed by atoms with E-state index in [0.29, 0.717) is 25.1 Å². The largest absolute Gasteiger partial charge is 0.459 e. The molecule has 2 aromatic rings. The second kappa shape index (κ2) is 8.43. The van der Waals surface area contributed by atoms with E-state index in [-0.39, 0.29) is 12.5 Å². The number of rotatable bonds is 7. The number of esters is 1. The lowest BCUT2D eigenvalue weighted by Gasteiger charge is -2.23. The molecule has 1 N–H and O–H groups in total. The summed E-state index contributed by atoms with van der Waals surface area (Å²) in [6, 6.07) is 15.5. The molecule has 0 spiro atoms. The van der Waals surface area contributed by atoms with Gasteiger partial charge in [0, 0.05) is 18.7 Å². The zero-order chi connectivity index (χ0) is 20.1. The van der Waals surface area contributed by atoms with E-state index < -0.39 is 22.0 Å². The Hall–Kier alpha value is -2.87. The molecule has 3 rings (SSSR count). The van der Waals surface area contributed by atoms with Crippen LogP contribution < -0.4 is 4.72 Å². The highest BCUT2D eigenvalue weighted by molar-refractivity contribution is 7.92. The fourth-order valence-electron chi connectivity index (χ4n) is 3.09. The number of likely N-dealkylation sites (tertiary alicyclic amines) is 1. The lowest BCUT2D eigenvalue weighted by molar-refractivity contribution is -0.153. The molecular weight excluding hydrogens is 380 g/mol. The van der Waals surface area contributed by atoms with Crippen molar-refractivity contribution in [2.75, 3.05) is 11.0 Å². The summed E-state index contributed by atoms with van der Waals surface area (Å²) in [5.74, 6) is -0.484. The van der Waals surface area contributed by atoms with Gasteiger partial charge < -0.3 is 9.64 Å². The van der Waals surface area contributed by atoms with Crippen LogP contribution in [-0.4, -0.2) is 37.5 Å². The van der Waals surface area contributed by atoms with Gasteiger partial charge in [-0.25, -0.2) is 13.2 Å². The lowest BCUT2D eigenvalue weighted by atomic mass is 10.2. The van der Waals surface area contributed by atoms with Gasteiger partial charge in [-0.15, -0.1) is 0 Å². The Morgan fingerprint density at radius 1 is 1.11 bits per heavy atom. The number of ether oxygens (including phenoxy) is 1. The number of anilines is 1. The Morgan fingerprint density at radius 3 is 2.43 bits per heavy atom. The van der Waals surface area contributed by atoms with Crippen molar-refractivity contribution in [1.82, 2.24) is 4.90 Å². The van der Waals surface area contributed by atoms with Gasteiger partial charge >= 0.3 is 5.97 Å². The minimum absolute atomic E-state index is 0.0537. The molecular formula is C20H22N2O5S. The second-order valence-electron chi connectivity index (χ2n) is 6.74. The molecule has 1 amide bonds. The number of nitrogens with one attached hydrogen (secondary N) is 1. The Kier molecular flexibility index (Phi) is 5.99. The molecule has 1 heterocycles. The summed E-state index contributed by atoms with van der Waals surface area (Å²) in [6.45, 7) is 0.438. The number of nitrogens with zero attached hydrogens (tertiary/aromatic N) is 1. The molecule has 8 heteroatoms. The molecule has 1 aliphatic heterocycles. The molecule has 1 saturated heterocycles. The summed E-state index contributed by atoms with van der Waals surface area (Å²) in [5.41, 5.74) is 2.13. The van der Waals surface area contributed by atoms with Gasteiger partial charge in [0.25, 0.3) is 0 Å². The topological polar surface area (TPSA) is 92.8 Å². The molecule has 0 radical (unpaired) electrons. The van der Waals surface area contributed by atoms with Crippen molar-refractivity contribution in [1.29, 1.82) is 0 Å². The third-order valence-electron chi connectivity index (χ3n) is 4.43. The van der Waals surface area contributed by atoms with Crippen molar-refractivity contribution >= 4 is 27.6 Å². The standard InChI is InChI=1S/C20H22N2O5S/c1-28(25,26)21-17-9-7-16(8-10-17)14-27-20(24)18-11-12-19(23)22(18)13-15-5-3-2-4-6-15/h2-10,18,21H,11-14H2,1H3/t18-/m0/s1. The second-order valence-corrected chi connectivity index (χ2v) is 8.49. The quantitative estimate of drug-likeness (QED) is 0.718. The minimum Gasteiger partial charge on any atom is -0.459 e. The third kappa shape index (κ3) is 5.32. The summed E-state index contributed by atoms with van der Waals surface area (Å²) in [7, 11) is -3.34. The molecule has 1 fully saturated rings. The number of hydrogen-bond acceptors (Lipinski definition) is 5. The molecule has 148 valence electrons. The number of sulfonamides is 1. The van der Waals surface area contributed by atoms with Crippen LogP contribution in [0.1, 0.15) is 24.0 Å². The predicted octanol–water partition coefficient (Wildman–Crippen LogP) is 2.29. The zero-order valence-corrected chi connectivity index (χ0v) is 16.3. The van der Waals surface area contributed by atoms with Crippen LogP contribution in [0.15, 0.2) is 54.6 Å². The van der Waals surface area contributed by atoms with Crippen LogP contribution in [0.5, 0.6) is 0 Å². The number of carbonyl (C=O) groups excluding carboxylic acids is 2. The van der Waals surface area contributed by atoms with Crippen LogP contribution in [0.4, 0.5) is 5.69 Å². The number of amides is 1. The van der Waals surface area contributed by atoms with E-state index in [2.05, 4.69) is 4.72 Å². The van der Waals surface area contributed by atoms with E-state index in [9.17, 15) is 18.0 Å². The van der Waals surface area contributed by atoms with Crippen molar-refractivity contribution in [2.45, 2.75) is 32.0 Å². The summed E-state index contributed by atoms with van der Waals surface area (Å²) in [4.78, 5) is 26.3. The molecule has 28 heavy (non-hydrogen) atoms. The maximum absolute atomic E-state index is 12.5. The highest BCUT2D eigenvalue weighted by Crippen LogP contribution is 2.23.